The van der Waals surface area contributed by atoms with Gasteiger partial charge in [-0.05, 0) is 55.8 Å². The van der Waals surface area contributed by atoms with Gasteiger partial charge in [0.25, 0.3) is 5.91 Å². The lowest BCUT2D eigenvalue weighted by Gasteiger charge is -2.18. The van der Waals surface area contributed by atoms with Gasteiger partial charge in [0.15, 0.2) is 0 Å². The van der Waals surface area contributed by atoms with E-state index in [9.17, 15) is 9.59 Å². The highest BCUT2D eigenvalue weighted by Gasteiger charge is 2.19. The SMILES string of the molecule is CC(C)Oc1ccc(C(CC(=O)O)NC(=O)c2ccc(Cl)cc2)cc1. The molecule has 2 rings (SSSR count). The van der Waals surface area contributed by atoms with Crippen LogP contribution >= 0.6 is 11.6 Å². The zero-order chi connectivity index (χ0) is 18.4. The summed E-state index contributed by atoms with van der Waals surface area (Å²) in [5, 5.41) is 12.4. The molecule has 0 fully saturated rings. The number of ether oxygens (including phenoxy) is 1. The normalized spacial score (nSPS) is 11.8. The first-order valence-corrected chi connectivity index (χ1v) is 8.28. The minimum absolute atomic E-state index is 0.0465. The Kier molecular flexibility index (Phi) is 6.42. The summed E-state index contributed by atoms with van der Waals surface area (Å²) in [4.78, 5) is 23.5. The van der Waals surface area contributed by atoms with Gasteiger partial charge >= 0.3 is 5.97 Å². The number of hydrogen-bond donors (Lipinski definition) is 2. The zero-order valence-corrected chi connectivity index (χ0v) is 14.8. The number of halogens is 1. The van der Waals surface area contributed by atoms with Crippen molar-refractivity contribution in [3.05, 3.63) is 64.7 Å². The molecule has 0 saturated heterocycles. The molecule has 1 unspecified atom stereocenters. The molecule has 5 nitrogen and oxygen atoms in total. The maximum absolute atomic E-state index is 12.4. The van der Waals surface area contributed by atoms with Crippen LogP contribution in [0.25, 0.3) is 0 Å². The first-order valence-electron chi connectivity index (χ1n) is 7.90. The molecule has 2 aromatic carbocycles. The molecule has 0 spiro atoms. The zero-order valence-electron chi connectivity index (χ0n) is 14.0. The second-order valence-corrected chi connectivity index (χ2v) is 6.30. The standard InChI is InChI=1S/C19H20ClNO4/c1-12(2)25-16-9-5-13(6-10-16)17(11-18(22)23)21-19(24)14-3-7-15(20)8-4-14/h3-10,12,17H,11H2,1-2H3,(H,21,24)(H,22,23). The van der Waals surface area contributed by atoms with Crippen LogP contribution in [0.15, 0.2) is 48.5 Å². The number of carboxylic acids is 1. The van der Waals surface area contributed by atoms with Gasteiger partial charge in [-0.15, -0.1) is 0 Å². The van der Waals surface area contributed by atoms with E-state index in [1.165, 1.54) is 0 Å². The lowest BCUT2D eigenvalue weighted by atomic mass is 10.0. The van der Waals surface area contributed by atoms with Gasteiger partial charge in [0.05, 0.1) is 18.6 Å². The molecular formula is C19H20ClNO4. The van der Waals surface area contributed by atoms with E-state index in [1.54, 1.807) is 48.5 Å². The van der Waals surface area contributed by atoms with E-state index in [2.05, 4.69) is 5.32 Å². The summed E-state index contributed by atoms with van der Waals surface area (Å²) in [5.74, 6) is -0.661. The Balaban J connectivity index is 2.16. The quantitative estimate of drug-likeness (QED) is 0.779. The molecule has 2 aromatic rings. The Labute approximate surface area is 151 Å². The summed E-state index contributed by atoms with van der Waals surface area (Å²) in [6.07, 6.45) is -0.172. The van der Waals surface area contributed by atoms with Gasteiger partial charge in [-0.25, -0.2) is 0 Å². The number of rotatable bonds is 7. The highest BCUT2D eigenvalue weighted by molar-refractivity contribution is 6.30. The van der Waals surface area contributed by atoms with Crippen molar-refractivity contribution in [2.45, 2.75) is 32.4 Å². The predicted octanol–water partition coefficient (Wildman–Crippen LogP) is 4.07. The van der Waals surface area contributed by atoms with Gasteiger partial charge in [0.1, 0.15) is 5.75 Å². The van der Waals surface area contributed by atoms with Crippen LogP contribution in [0.2, 0.25) is 5.02 Å². The number of carboxylic acid groups (broad SMARTS) is 1. The minimum Gasteiger partial charge on any atom is -0.491 e. The van der Waals surface area contributed by atoms with Crippen molar-refractivity contribution in [3.8, 4) is 5.75 Å². The highest BCUT2D eigenvalue weighted by Crippen LogP contribution is 2.22. The molecular weight excluding hydrogens is 342 g/mol. The van der Waals surface area contributed by atoms with E-state index in [0.29, 0.717) is 21.9 Å². The average molecular weight is 362 g/mol. The molecule has 0 bridgehead atoms. The van der Waals surface area contributed by atoms with Gasteiger partial charge in [0.2, 0.25) is 0 Å². The fourth-order valence-electron chi connectivity index (χ4n) is 2.32. The molecule has 0 aromatic heterocycles. The minimum atomic E-state index is -0.996. The molecule has 0 saturated carbocycles. The Morgan fingerprint density at radius 3 is 2.20 bits per heavy atom. The monoisotopic (exact) mass is 361 g/mol. The fraction of sp³-hybridized carbons (Fsp3) is 0.263. The third-order valence-electron chi connectivity index (χ3n) is 3.44. The molecule has 132 valence electrons. The van der Waals surface area contributed by atoms with Crippen LogP contribution in [0.3, 0.4) is 0 Å². The van der Waals surface area contributed by atoms with Gasteiger partial charge in [-0.3, -0.25) is 9.59 Å². The smallest absolute Gasteiger partial charge is 0.305 e. The summed E-state index contributed by atoms with van der Waals surface area (Å²) < 4.78 is 5.58. The first kappa shape index (κ1) is 18.8. The van der Waals surface area contributed by atoms with E-state index in [1.807, 2.05) is 13.8 Å². The Hall–Kier alpha value is -2.53. The number of carbonyl (C=O) groups excluding carboxylic acids is 1. The van der Waals surface area contributed by atoms with Gasteiger partial charge in [0, 0.05) is 10.6 Å². The predicted molar refractivity (Wildman–Crippen MR) is 96.1 cm³/mol. The molecule has 1 amide bonds. The third-order valence-corrected chi connectivity index (χ3v) is 3.70. The van der Waals surface area contributed by atoms with Crippen molar-refractivity contribution in [1.29, 1.82) is 0 Å². The number of carbonyl (C=O) groups is 2. The van der Waals surface area contributed by atoms with Gasteiger partial charge < -0.3 is 15.2 Å². The number of hydrogen-bond acceptors (Lipinski definition) is 3. The van der Waals surface area contributed by atoms with Crippen molar-refractivity contribution in [3.63, 3.8) is 0 Å². The maximum Gasteiger partial charge on any atom is 0.305 e. The van der Waals surface area contributed by atoms with E-state index in [-0.39, 0.29) is 18.4 Å². The Bertz CT molecular complexity index is 726. The molecule has 0 aliphatic rings. The van der Waals surface area contributed by atoms with Gasteiger partial charge in [-0.2, -0.15) is 0 Å². The van der Waals surface area contributed by atoms with Crippen LogP contribution in [0.1, 0.15) is 42.2 Å². The van der Waals surface area contributed by atoms with Crippen LogP contribution in [-0.2, 0) is 4.79 Å². The second kappa shape index (κ2) is 8.53. The lowest BCUT2D eigenvalue weighted by Crippen LogP contribution is -2.30. The summed E-state index contributed by atoms with van der Waals surface area (Å²) in [5.41, 5.74) is 1.11. The molecule has 1 atom stereocenters. The van der Waals surface area contributed by atoms with Crippen molar-refractivity contribution >= 4 is 23.5 Å². The summed E-state index contributed by atoms with van der Waals surface area (Å²) in [6.45, 7) is 3.85. The molecule has 0 heterocycles. The largest absolute Gasteiger partial charge is 0.491 e. The molecule has 0 radical (unpaired) electrons. The summed E-state index contributed by atoms with van der Waals surface area (Å²) >= 11 is 5.82. The Morgan fingerprint density at radius 2 is 1.68 bits per heavy atom. The lowest BCUT2D eigenvalue weighted by molar-refractivity contribution is -0.137. The van der Waals surface area contributed by atoms with E-state index < -0.39 is 12.0 Å². The molecule has 6 heteroatoms. The maximum atomic E-state index is 12.4. The van der Waals surface area contributed by atoms with E-state index >= 15 is 0 Å². The molecule has 2 N–H and O–H groups in total. The molecule has 25 heavy (non-hydrogen) atoms. The first-order chi connectivity index (χ1) is 11.8. The number of aliphatic carboxylic acids is 1. The summed E-state index contributed by atoms with van der Waals surface area (Å²) in [7, 11) is 0. The van der Waals surface area contributed by atoms with Crippen LogP contribution in [0.4, 0.5) is 0 Å². The average Bonchev–Trinajstić information content (AvgIpc) is 2.54. The van der Waals surface area contributed by atoms with E-state index in [0.717, 1.165) is 0 Å². The van der Waals surface area contributed by atoms with E-state index in [4.69, 9.17) is 21.4 Å². The van der Waals surface area contributed by atoms with Crippen LogP contribution < -0.4 is 10.1 Å². The fourth-order valence-corrected chi connectivity index (χ4v) is 2.45. The van der Waals surface area contributed by atoms with Crippen molar-refractivity contribution in [2.24, 2.45) is 0 Å². The number of nitrogens with one attached hydrogen (secondary N) is 1. The van der Waals surface area contributed by atoms with Crippen LogP contribution in [-0.4, -0.2) is 23.1 Å². The van der Waals surface area contributed by atoms with Crippen LogP contribution in [0, 0.1) is 0 Å². The van der Waals surface area contributed by atoms with Crippen molar-refractivity contribution in [2.75, 3.05) is 0 Å². The summed E-state index contributed by atoms with van der Waals surface area (Å²) in [6, 6.07) is 12.8. The van der Waals surface area contributed by atoms with Crippen LogP contribution in [0.5, 0.6) is 5.75 Å². The number of benzene rings is 2. The number of amides is 1. The Morgan fingerprint density at radius 1 is 1.08 bits per heavy atom. The van der Waals surface area contributed by atoms with Crippen molar-refractivity contribution in [1.82, 2.24) is 5.32 Å². The third kappa shape index (κ3) is 5.80. The molecule has 0 aliphatic carbocycles. The topological polar surface area (TPSA) is 75.6 Å². The second-order valence-electron chi connectivity index (χ2n) is 5.87. The highest BCUT2D eigenvalue weighted by atomic mass is 35.5. The van der Waals surface area contributed by atoms with Gasteiger partial charge in [-0.1, -0.05) is 23.7 Å². The van der Waals surface area contributed by atoms with Crippen molar-refractivity contribution < 1.29 is 19.4 Å². The molecule has 0 aliphatic heterocycles.